The predicted octanol–water partition coefficient (Wildman–Crippen LogP) is 1.63. The molecule has 0 N–H and O–H groups in total. The summed E-state index contributed by atoms with van der Waals surface area (Å²) >= 11 is 0. The van der Waals surface area contributed by atoms with Crippen molar-refractivity contribution in [1.82, 2.24) is 0 Å². The fourth-order valence-corrected chi connectivity index (χ4v) is 0.480. The van der Waals surface area contributed by atoms with E-state index in [0.717, 1.165) is 6.61 Å². The lowest BCUT2D eigenvalue weighted by atomic mass is 10.2. The van der Waals surface area contributed by atoms with Gasteiger partial charge >= 0.3 is 0 Å². The second kappa shape index (κ2) is 7.98. The van der Waals surface area contributed by atoms with Gasteiger partial charge in [0.05, 0.1) is 13.2 Å². The Kier molecular flexibility index (Phi) is 7.89. The van der Waals surface area contributed by atoms with Gasteiger partial charge in [0.2, 0.25) is 0 Å². The van der Waals surface area contributed by atoms with Crippen LogP contribution in [0.1, 0.15) is 20.8 Å². The Hall–Kier alpha value is -0.120. The molecule has 0 aromatic heterocycles. The van der Waals surface area contributed by atoms with Crippen LogP contribution in [0.3, 0.4) is 0 Å². The summed E-state index contributed by atoms with van der Waals surface area (Å²) in [6.07, 6.45) is 0. The predicted molar refractivity (Wildman–Crippen MR) is 43.2 cm³/mol. The first-order chi connectivity index (χ1) is 5.27. The van der Waals surface area contributed by atoms with E-state index in [1.807, 2.05) is 6.92 Å². The fourth-order valence-electron chi connectivity index (χ4n) is 0.480. The van der Waals surface area contributed by atoms with E-state index in [1.54, 1.807) is 0 Å². The second-order valence-corrected chi connectivity index (χ2v) is 2.70. The summed E-state index contributed by atoms with van der Waals surface area (Å²) < 4.78 is 5.04. The zero-order valence-corrected chi connectivity index (χ0v) is 7.63. The molecule has 0 atom stereocenters. The zero-order chi connectivity index (χ0) is 8.53. The van der Waals surface area contributed by atoms with Gasteiger partial charge < -0.3 is 4.74 Å². The van der Waals surface area contributed by atoms with Crippen LogP contribution in [0.15, 0.2) is 0 Å². The van der Waals surface area contributed by atoms with Crippen molar-refractivity contribution in [2.75, 3.05) is 26.4 Å². The van der Waals surface area contributed by atoms with Crippen molar-refractivity contribution in [2.45, 2.75) is 20.8 Å². The molecule has 11 heavy (non-hydrogen) atoms. The Balaban J connectivity index is 2.80. The molecular formula is C8H18O3. The van der Waals surface area contributed by atoms with Crippen LogP contribution in [0.2, 0.25) is 0 Å². The molecule has 0 aromatic rings. The van der Waals surface area contributed by atoms with E-state index in [1.165, 1.54) is 0 Å². The van der Waals surface area contributed by atoms with E-state index < -0.39 is 0 Å². The van der Waals surface area contributed by atoms with Gasteiger partial charge in [-0.1, -0.05) is 13.8 Å². The van der Waals surface area contributed by atoms with Gasteiger partial charge in [-0.3, -0.25) is 0 Å². The van der Waals surface area contributed by atoms with Crippen LogP contribution in [-0.2, 0) is 14.5 Å². The molecule has 0 rings (SSSR count). The van der Waals surface area contributed by atoms with Crippen LogP contribution >= 0.6 is 0 Å². The van der Waals surface area contributed by atoms with Crippen molar-refractivity contribution in [3.8, 4) is 0 Å². The minimum atomic E-state index is 0.514. The van der Waals surface area contributed by atoms with Crippen molar-refractivity contribution >= 4 is 0 Å². The van der Waals surface area contributed by atoms with E-state index in [-0.39, 0.29) is 0 Å². The molecule has 0 aromatic carbocycles. The van der Waals surface area contributed by atoms with E-state index in [4.69, 9.17) is 14.5 Å². The maximum atomic E-state index is 5.04. The summed E-state index contributed by atoms with van der Waals surface area (Å²) in [7, 11) is 0. The largest absolute Gasteiger partial charge is 0.379 e. The molecule has 0 aliphatic heterocycles. The summed E-state index contributed by atoms with van der Waals surface area (Å²) in [5.41, 5.74) is 0. The molecule has 0 heterocycles. The van der Waals surface area contributed by atoms with E-state index in [2.05, 4.69) is 13.8 Å². The van der Waals surface area contributed by atoms with Crippen molar-refractivity contribution in [1.29, 1.82) is 0 Å². The lowest BCUT2D eigenvalue weighted by Gasteiger charge is -2.05. The first kappa shape index (κ1) is 10.9. The summed E-state index contributed by atoms with van der Waals surface area (Å²) in [6, 6.07) is 0. The monoisotopic (exact) mass is 162 g/mol. The van der Waals surface area contributed by atoms with Gasteiger partial charge in [-0.2, -0.15) is 0 Å². The molecule has 0 bridgehead atoms. The third-order valence-corrected chi connectivity index (χ3v) is 1.000. The minimum absolute atomic E-state index is 0.514. The highest BCUT2D eigenvalue weighted by atomic mass is 17.2. The van der Waals surface area contributed by atoms with E-state index in [0.29, 0.717) is 25.7 Å². The van der Waals surface area contributed by atoms with Gasteiger partial charge in [0.1, 0.15) is 6.61 Å². The van der Waals surface area contributed by atoms with Crippen molar-refractivity contribution in [2.24, 2.45) is 5.92 Å². The van der Waals surface area contributed by atoms with Crippen LogP contribution in [0.25, 0.3) is 0 Å². The molecule has 0 saturated carbocycles. The second-order valence-electron chi connectivity index (χ2n) is 2.70. The Morgan fingerprint density at radius 1 is 1.09 bits per heavy atom. The Bertz CT molecular complexity index is 73.7. The van der Waals surface area contributed by atoms with E-state index >= 15 is 0 Å². The van der Waals surface area contributed by atoms with Gasteiger partial charge in [0.15, 0.2) is 0 Å². The maximum Gasteiger partial charge on any atom is 0.106 e. The highest BCUT2D eigenvalue weighted by molar-refractivity contribution is 4.34. The lowest BCUT2D eigenvalue weighted by Crippen LogP contribution is -2.07. The highest BCUT2D eigenvalue weighted by Crippen LogP contribution is 1.92. The Morgan fingerprint density at radius 3 is 2.36 bits per heavy atom. The molecule has 3 nitrogen and oxygen atoms in total. The third kappa shape index (κ3) is 9.88. The minimum Gasteiger partial charge on any atom is -0.379 e. The topological polar surface area (TPSA) is 27.7 Å². The third-order valence-electron chi connectivity index (χ3n) is 1.000. The summed E-state index contributed by atoms with van der Waals surface area (Å²) in [6.45, 7) is 8.60. The molecule has 0 spiro atoms. The van der Waals surface area contributed by atoms with Crippen LogP contribution < -0.4 is 0 Å². The SMILES string of the molecule is CCOCCOOCC(C)C. The maximum absolute atomic E-state index is 5.04. The van der Waals surface area contributed by atoms with Gasteiger partial charge in [0, 0.05) is 6.61 Å². The van der Waals surface area contributed by atoms with Gasteiger partial charge in [-0.25, -0.2) is 9.78 Å². The van der Waals surface area contributed by atoms with Crippen molar-refractivity contribution < 1.29 is 14.5 Å². The van der Waals surface area contributed by atoms with Crippen LogP contribution in [0.5, 0.6) is 0 Å². The average Bonchev–Trinajstić information content (AvgIpc) is 1.96. The highest BCUT2D eigenvalue weighted by Gasteiger charge is 1.93. The molecule has 0 fully saturated rings. The van der Waals surface area contributed by atoms with Gasteiger partial charge in [-0.05, 0) is 12.8 Å². The summed E-state index contributed by atoms with van der Waals surface area (Å²) in [5.74, 6) is 0.516. The molecule has 0 amide bonds. The molecule has 0 saturated heterocycles. The number of hydrogen-bond acceptors (Lipinski definition) is 3. The number of hydrogen-bond donors (Lipinski definition) is 0. The van der Waals surface area contributed by atoms with Crippen LogP contribution in [0, 0.1) is 5.92 Å². The standard InChI is InChI=1S/C8H18O3/c1-4-9-5-6-10-11-7-8(2)3/h8H,4-7H2,1-3H3. The molecule has 68 valence electrons. The Morgan fingerprint density at radius 2 is 1.82 bits per heavy atom. The van der Waals surface area contributed by atoms with Gasteiger partial charge in [-0.15, -0.1) is 0 Å². The summed E-state index contributed by atoms with van der Waals surface area (Å²) in [5, 5.41) is 0. The van der Waals surface area contributed by atoms with Crippen molar-refractivity contribution in [3.05, 3.63) is 0 Å². The zero-order valence-electron chi connectivity index (χ0n) is 7.63. The van der Waals surface area contributed by atoms with Crippen molar-refractivity contribution in [3.63, 3.8) is 0 Å². The first-order valence-corrected chi connectivity index (χ1v) is 4.09. The molecule has 0 radical (unpaired) electrons. The smallest absolute Gasteiger partial charge is 0.106 e. The van der Waals surface area contributed by atoms with E-state index in [9.17, 15) is 0 Å². The van der Waals surface area contributed by atoms with Gasteiger partial charge in [0.25, 0.3) is 0 Å². The quantitative estimate of drug-likeness (QED) is 0.323. The van der Waals surface area contributed by atoms with Crippen LogP contribution in [0.4, 0.5) is 0 Å². The molecule has 0 aliphatic rings. The number of rotatable bonds is 7. The molecule has 0 unspecified atom stereocenters. The molecule has 0 aliphatic carbocycles. The number of ether oxygens (including phenoxy) is 1. The summed E-state index contributed by atoms with van der Waals surface area (Å²) in [4.78, 5) is 9.68. The lowest BCUT2D eigenvalue weighted by molar-refractivity contribution is -0.304. The van der Waals surface area contributed by atoms with Crippen LogP contribution in [-0.4, -0.2) is 26.4 Å². The average molecular weight is 162 g/mol. The fraction of sp³-hybridized carbons (Fsp3) is 1.00. The normalized spacial score (nSPS) is 10.9. The molecule has 3 heteroatoms. The molecular weight excluding hydrogens is 144 g/mol. The Labute approximate surface area is 68.6 Å². The first-order valence-electron chi connectivity index (χ1n) is 4.09.